The Balaban J connectivity index is 0. The lowest BCUT2D eigenvalue weighted by atomic mass is 10.3. The van der Waals surface area contributed by atoms with Crippen molar-refractivity contribution in [2.45, 2.75) is 0 Å². The molecule has 38 valence electrons. The van der Waals surface area contributed by atoms with Crippen molar-refractivity contribution in [3.05, 3.63) is 0 Å². The first-order valence-electron chi connectivity index (χ1n) is 0.993. The molecule has 1 atom stereocenters. The predicted octanol–water partition coefficient (Wildman–Crippen LogP) is -1.31. The van der Waals surface area contributed by atoms with E-state index in [9.17, 15) is 4.20 Å². The average molecular weight is 114 g/mol. The minimum Gasteiger partial charge on any atom is -0.402 e. The molecule has 6 heteroatoms. The van der Waals surface area contributed by atoms with E-state index in [0.29, 0.717) is 0 Å². The van der Waals surface area contributed by atoms with Crippen LogP contribution in [0.3, 0.4) is 0 Å². The molecule has 6 heavy (non-hydrogen) atoms. The monoisotopic (exact) mass is 114 g/mol. The van der Waals surface area contributed by atoms with E-state index < -0.39 is 7.32 Å². The molecule has 0 saturated heterocycles. The summed E-state index contributed by atoms with van der Waals surface area (Å²) < 4.78 is 9.42. The molecule has 0 spiro atoms. The molecule has 0 fully saturated rings. The standard InChI is InChI=1S/BH3O3.FH2P/c2-1(3)4;1-2/h2-4H;2H2. The maximum Gasteiger partial charge on any atom is 0.631 e. The van der Waals surface area contributed by atoms with Crippen LogP contribution in [0.5, 0.6) is 0 Å². The van der Waals surface area contributed by atoms with Gasteiger partial charge in [-0.05, 0) is 0 Å². The SMILES string of the molecule is FP.OB(O)O. The number of rotatable bonds is 0. The summed E-state index contributed by atoms with van der Waals surface area (Å²) in [4.78, 5) is 0. The number of halogens is 1. The van der Waals surface area contributed by atoms with Gasteiger partial charge >= 0.3 is 7.32 Å². The summed E-state index contributed by atoms with van der Waals surface area (Å²) in [5, 5.41) is 21.5. The molecule has 0 saturated carbocycles. The van der Waals surface area contributed by atoms with Crippen molar-refractivity contribution in [2.75, 3.05) is 0 Å². The Labute approximate surface area is 37.3 Å². The Morgan fingerprint density at radius 1 is 1.17 bits per heavy atom. The second-order valence-corrected chi connectivity index (χ2v) is 0.346. The van der Waals surface area contributed by atoms with Gasteiger partial charge in [0.15, 0.2) is 0 Å². The predicted molar refractivity (Wildman–Crippen MR) is 23.2 cm³/mol. The Hall–Kier alpha value is 0.305. The Morgan fingerprint density at radius 2 is 1.17 bits per heavy atom. The highest BCUT2D eigenvalue weighted by atomic mass is 31.1. The van der Waals surface area contributed by atoms with Gasteiger partial charge in [0.1, 0.15) is 0 Å². The summed E-state index contributed by atoms with van der Waals surface area (Å²) in [6, 6.07) is 0. The van der Waals surface area contributed by atoms with Crippen molar-refractivity contribution in [1.82, 2.24) is 0 Å². The molecule has 0 bridgehead atoms. The van der Waals surface area contributed by atoms with Gasteiger partial charge in [0.2, 0.25) is 0 Å². The number of hydrogen-bond donors (Lipinski definition) is 3. The Morgan fingerprint density at radius 3 is 1.17 bits per heavy atom. The molecule has 0 amide bonds. The van der Waals surface area contributed by atoms with E-state index in [-0.39, 0.29) is 0 Å². The maximum atomic E-state index is 9.42. The second-order valence-electron chi connectivity index (χ2n) is 0.346. The zero-order valence-corrected chi connectivity index (χ0v) is 4.03. The van der Waals surface area contributed by atoms with Gasteiger partial charge in [-0.25, -0.2) is 4.20 Å². The van der Waals surface area contributed by atoms with E-state index >= 15 is 0 Å². The third-order valence-corrected chi connectivity index (χ3v) is 0. The van der Waals surface area contributed by atoms with Crippen LogP contribution in [0.25, 0.3) is 0 Å². The van der Waals surface area contributed by atoms with Gasteiger partial charge in [-0.15, -0.1) is 0 Å². The van der Waals surface area contributed by atoms with Crippen LogP contribution >= 0.6 is 9.55 Å². The summed E-state index contributed by atoms with van der Waals surface area (Å²) >= 11 is 0. The molecular weight excluding hydrogens is 109 g/mol. The summed E-state index contributed by atoms with van der Waals surface area (Å²) in [6.45, 7) is 0. The third-order valence-electron chi connectivity index (χ3n) is 0. The average Bonchev–Trinajstić information content (AvgIpc) is 1.41. The van der Waals surface area contributed by atoms with Crippen molar-refractivity contribution >= 4 is 16.9 Å². The lowest BCUT2D eigenvalue weighted by Gasteiger charge is -1.69. The van der Waals surface area contributed by atoms with Gasteiger partial charge in [0.05, 0.1) is 9.55 Å². The van der Waals surface area contributed by atoms with Gasteiger partial charge in [0, 0.05) is 0 Å². The fourth-order valence-electron chi connectivity index (χ4n) is 0. The normalized spacial score (nSPS) is 5.50. The zero-order valence-electron chi connectivity index (χ0n) is 2.87. The quantitative estimate of drug-likeness (QED) is 0.270. The van der Waals surface area contributed by atoms with Crippen molar-refractivity contribution in [3.8, 4) is 0 Å². The lowest BCUT2D eigenvalue weighted by molar-refractivity contribution is 0.278. The largest absolute Gasteiger partial charge is 0.631 e. The van der Waals surface area contributed by atoms with E-state index in [1.165, 1.54) is 0 Å². The number of hydrogen-bond acceptors (Lipinski definition) is 3. The topological polar surface area (TPSA) is 60.7 Å². The molecule has 0 aliphatic rings. The first-order chi connectivity index (χ1) is 2.73. The van der Waals surface area contributed by atoms with E-state index in [1.54, 1.807) is 0 Å². The molecule has 0 rings (SSSR count). The first-order valence-corrected chi connectivity index (χ1v) is 1.43. The minimum absolute atomic E-state index is 0.917. The summed E-state index contributed by atoms with van der Waals surface area (Å²) in [7, 11) is -1.25. The fraction of sp³-hybridized carbons (Fsp3) is 0. The van der Waals surface area contributed by atoms with Gasteiger partial charge in [-0.2, -0.15) is 0 Å². The van der Waals surface area contributed by atoms with Crippen LogP contribution in [0.2, 0.25) is 0 Å². The molecule has 0 aliphatic carbocycles. The molecular formula is H5BFO3P. The highest BCUT2D eigenvalue weighted by Crippen LogP contribution is 1.66. The zero-order chi connectivity index (χ0) is 5.58. The van der Waals surface area contributed by atoms with E-state index in [1.807, 2.05) is 0 Å². The summed E-state index contributed by atoms with van der Waals surface area (Å²) in [5.74, 6) is 0. The van der Waals surface area contributed by atoms with Gasteiger partial charge < -0.3 is 15.1 Å². The van der Waals surface area contributed by atoms with Crippen molar-refractivity contribution in [3.63, 3.8) is 0 Å². The van der Waals surface area contributed by atoms with Crippen molar-refractivity contribution in [2.24, 2.45) is 0 Å². The van der Waals surface area contributed by atoms with Crippen LogP contribution in [0, 0.1) is 0 Å². The fourth-order valence-corrected chi connectivity index (χ4v) is 0. The van der Waals surface area contributed by atoms with E-state index in [4.69, 9.17) is 15.1 Å². The van der Waals surface area contributed by atoms with Crippen molar-refractivity contribution in [1.29, 1.82) is 0 Å². The van der Waals surface area contributed by atoms with Crippen LogP contribution in [0.4, 0.5) is 4.20 Å². The molecule has 3 nitrogen and oxygen atoms in total. The molecule has 0 radical (unpaired) electrons. The molecule has 0 aromatic heterocycles. The van der Waals surface area contributed by atoms with Crippen LogP contribution in [0.15, 0.2) is 0 Å². The Kier molecular flexibility index (Phi) is 14.4. The van der Waals surface area contributed by atoms with Gasteiger partial charge in [-0.3, -0.25) is 0 Å². The second kappa shape index (κ2) is 9.00. The highest BCUT2D eigenvalue weighted by Gasteiger charge is 1.92. The molecule has 0 aliphatic heterocycles. The van der Waals surface area contributed by atoms with Crippen LogP contribution < -0.4 is 0 Å². The molecule has 0 aromatic rings. The molecule has 1 unspecified atom stereocenters. The first kappa shape index (κ1) is 9.57. The third kappa shape index (κ3) is 506. The van der Waals surface area contributed by atoms with Crippen LogP contribution in [-0.4, -0.2) is 22.4 Å². The minimum atomic E-state index is -2.17. The molecule has 3 N–H and O–H groups in total. The highest BCUT2D eigenvalue weighted by molar-refractivity contribution is 7.09. The summed E-state index contributed by atoms with van der Waals surface area (Å²) in [5.41, 5.74) is 0. The van der Waals surface area contributed by atoms with Gasteiger partial charge in [0.25, 0.3) is 0 Å². The van der Waals surface area contributed by atoms with Crippen LogP contribution in [0.1, 0.15) is 0 Å². The van der Waals surface area contributed by atoms with E-state index in [2.05, 4.69) is 0 Å². The Bertz CT molecular complexity index is 15.5. The lowest BCUT2D eigenvalue weighted by Crippen LogP contribution is -2.07. The van der Waals surface area contributed by atoms with Crippen LogP contribution in [-0.2, 0) is 0 Å². The maximum absolute atomic E-state index is 9.42. The van der Waals surface area contributed by atoms with Gasteiger partial charge in [-0.1, -0.05) is 0 Å². The summed E-state index contributed by atoms with van der Waals surface area (Å²) in [6.07, 6.45) is 0. The molecule has 0 aromatic carbocycles. The smallest absolute Gasteiger partial charge is 0.402 e. The molecule has 0 heterocycles. The van der Waals surface area contributed by atoms with Crippen molar-refractivity contribution < 1.29 is 19.3 Å². The van der Waals surface area contributed by atoms with E-state index in [0.717, 1.165) is 9.55 Å².